The van der Waals surface area contributed by atoms with E-state index in [0.29, 0.717) is 0 Å². The highest BCUT2D eigenvalue weighted by Gasteiger charge is 2.16. The van der Waals surface area contributed by atoms with Crippen LogP contribution in [-0.2, 0) is 0 Å². The highest BCUT2D eigenvalue weighted by atomic mass is 79.9. The summed E-state index contributed by atoms with van der Waals surface area (Å²) in [5, 5.41) is 0.743. The van der Waals surface area contributed by atoms with E-state index >= 15 is 0 Å². The molecule has 0 fully saturated rings. The summed E-state index contributed by atoms with van der Waals surface area (Å²) >= 11 is 11.5. The van der Waals surface area contributed by atoms with Gasteiger partial charge in [0.2, 0.25) is 0 Å². The molecule has 1 nitrogen and oxygen atoms in total. The molecule has 0 amide bonds. The zero-order valence-corrected chi connectivity index (χ0v) is 13.7. The van der Waals surface area contributed by atoms with Gasteiger partial charge < -0.3 is 5.73 Å². The number of benzene rings is 1. The molecule has 1 heterocycles. The van der Waals surface area contributed by atoms with E-state index in [0.717, 1.165) is 19.2 Å². The summed E-state index contributed by atoms with van der Waals surface area (Å²) in [4.78, 5) is 1.13. The van der Waals surface area contributed by atoms with Crippen molar-refractivity contribution in [2.24, 2.45) is 5.73 Å². The third kappa shape index (κ3) is 2.64. The lowest BCUT2D eigenvalue weighted by Crippen LogP contribution is -2.11. The minimum Gasteiger partial charge on any atom is -0.320 e. The van der Waals surface area contributed by atoms with Gasteiger partial charge in [-0.3, -0.25) is 0 Å². The number of halogens is 2. The van der Waals surface area contributed by atoms with Crippen molar-refractivity contribution in [1.82, 2.24) is 0 Å². The van der Waals surface area contributed by atoms with Crippen molar-refractivity contribution in [3.8, 4) is 0 Å². The molecule has 0 aliphatic rings. The highest BCUT2D eigenvalue weighted by molar-refractivity contribution is 9.11. The maximum absolute atomic E-state index is 6.32. The normalized spacial score (nSPS) is 12.8. The van der Waals surface area contributed by atoms with Crippen molar-refractivity contribution in [1.29, 1.82) is 0 Å². The molecule has 2 rings (SSSR count). The van der Waals surface area contributed by atoms with Gasteiger partial charge in [-0.25, -0.2) is 0 Å². The summed E-state index contributed by atoms with van der Waals surface area (Å²) in [6.45, 7) is 6.21. The molecule has 0 saturated heterocycles. The molecule has 0 bridgehead atoms. The average Bonchev–Trinajstić information content (AvgIpc) is 2.63. The molecule has 1 atom stereocenters. The Morgan fingerprint density at radius 3 is 2.28 bits per heavy atom. The Hall–Kier alpha value is -0.350. The predicted molar refractivity (Wildman–Crippen MR) is 83.7 cm³/mol. The summed E-state index contributed by atoms with van der Waals surface area (Å²) in [6, 6.07) is 6.03. The first-order valence-electron chi connectivity index (χ1n) is 5.68. The standard InChI is InChI=1S/C14H15BrClNS/c1-7-4-10(11(16)5-8(7)2)13(17)12-6-9(3)14(15)18-12/h4-6,13H,17H2,1-3H3. The molecule has 18 heavy (non-hydrogen) atoms. The van der Waals surface area contributed by atoms with Gasteiger partial charge in [0.25, 0.3) is 0 Å². The summed E-state index contributed by atoms with van der Waals surface area (Å²) in [6.07, 6.45) is 0. The first-order valence-corrected chi connectivity index (χ1v) is 7.67. The minimum absolute atomic E-state index is 0.160. The fourth-order valence-electron chi connectivity index (χ4n) is 1.83. The third-order valence-corrected chi connectivity index (χ3v) is 5.68. The molecule has 2 aromatic rings. The van der Waals surface area contributed by atoms with E-state index in [1.165, 1.54) is 16.7 Å². The second kappa shape index (κ2) is 5.33. The summed E-state index contributed by atoms with van der Waals surface area (Å²) in [5.74, 6) is 0. The Morgan fingerprint density at radius 2 is 1.72 bits per heavy atom. The van der Waals surface area contributed by atoms with Crippen LogP contribution >= 0.6 is 38.9 Å². The summed E-state index contributed by atoms with van der Waals surface area (Å²) in [7, 11) is 0. The predicted octanol–water partition coefficient (Wildman–Crippen LogP) is 5.14. The van der Waals surface area contributed by atoms with Gasteiger partial charge in [0.15, 0.2) is 0 Å². The summed E-state index contributed by atoms with van der Waals surface area (Å²) < 4.78 is 1.13. The lowest BCUT2D eigenvalue weighted by molar-refractivity contribution is 0.889. The van der Waals surface area contributed by atoms with Crippen LogP contribution in [0.5, 0.6) is 0 Å². The van der Waals surface area contributed by atoms with Gasteiger partial charge in [-0.05, 0) is 71.1 Å². The van der Waals surface area contributed by atoms with Crippen molar-refractivity contribution in [2.75, 3.05) is 0 Å². The van der Waals surface area contributed by atoms with Crippen LogP contribution in [-0.4, -0.2) is 0 Å². The molecule has 0 aliphatic carbocycles. The number of nitrogens with two attached hydrogens (primary N) is 1. The van der Waals surface area contributed by atoms with Gasteiger partial charge in [0, 0.05) is 9.90 Å². The molecule has 0 saturated carbocycles. The largest absolute Gasteiger partial charge is 0.320 e. The number of thiophene rings is 1. The highest BCUT2D eigenvalue weighted by Crippen LogP contribution is 2.36. The lowest BCUT2D eigenvalue weighted by atomic mass is 10.0. The minimum atomic E-state index is -0.160. The summed E-state index contributed by atoms with van der Waals surface area (Å²) in [5.41, 5.74) is 10.9. The lowest BCUT2D eigenvalue weighted by Gasteiger charge is -2.14. The van der Waals surface area contributed by atoms with E-state index in [9.17, 15) is 0 Å². The zero-order valence-electron chi connectivity index (χ0n) is 10.6. The smallest absolute Gasteiger partial charge is 0.0731 e. The van der Waals surface area contributed by atoms with Crippen LogP contribution in [0.2, 0.25) is 5.02 Å². The van der Waals surface area contributed by atoms with Crippen molar-refractivity contribution in [2.45, 2.75) is 26.8 Å². The quantitative estimate of drug-likeness (QED) is 0.802. The van der Waals surface area contributed by atoms with Crippen molar-refractivity contribution in [3.63, 3.8) is 0 Å². The molecule has 4 heteroatoms. The number of hydrogen-bond acceptors (Lipinski definition) is 2. The Balaban J connectivity index is 2.45. The molecule has 1 unspecified atom stereocenters. The second-order valence-electron chi connectivity index (χ2n) is 4.54. The van der Waals surface area contributed by atoms with Gasteiger partial charge >= 0.3 is 0 Å². The van der Waals surface area contributed by atoms with Crippen molar-refractivity contribution in [3.05, 3.63) is 54.1 Å². The van der Waals surface area contributed by atoms with E-state index in [1.54, 1.807) is 11.3 Å². The van der Waals surface area contributed by atoms with Gasteiger partial charge in [-0.2, -0.15) is 0 Å². The monoisotopic (exact) mass is 343 g/mol. The fourth-order valence-corrected chi connectivity index (χ4v) is 3.76. The Labute approximate surface area is 125 Å². The van der Waals surface area contributed by atoms with Crippen LogP contribution in [0.1, 0.15) is 33.2 Å². The van der Waals surface area contributed by atoms with Gasteiger partial charge in [-0.15, -0.1) is 11.3 Å². The molecular weight excluding hydrogens is 330 g/mol. The van der Waals surface area contributed by atoms with Crippen LogP contribution in [0.15, 0.2) is 22.0 Å². The van der Waals surface area contributed by atoms with Gasteiger partial charge in [-0.1, -0.05) is 17.7 Å². The molecule has 0 spiro atoms. The topological polar surface area (TPSA) is 26.0 Å². The Kier molecular flexibility index (Phi) is 4.17. The Bertz CT molecular complexity index is 572. The first kappa shape index (κ1) is 14.1. The van der Waals surface area contributed by atoms with Crippen LogP contribution in [0.4, 0.5) is 0 Å². The molecular formula is C14H15BrClNS. The van der Waals surface area contributed by atoms with Gasteiger partial charge in [0.1, 0.15) is 0 Å². The van der Waals surface area contributed by atoms with Crippen LogP contribution in [0, 0.1) is 20.8 Å². The van der Waals surface area contributed by atoms with Gasteiger partial charge in [0.05, 0.1) is 9.83 Å². The van der Waals surface area contributed by atoms with E-state index < -0.39 is 0 Å². The Morgan fingerprint density at radius 1 is 1.11 bits per heavy atom. The number of hydrogen-bond donors (Lipinski definition) is 1. The number of aryl methyl sites for hydroxylation is 3. The maximum Gasteiger partial charge on any atom is 0.0731 e. The third-order valence-electron chi connectivity index (χ3n) is 3.13. The fraction of sp³-hybridized carbons (Fsp3) is 0.286. The van der Waals surface area contributed by atoms with E-state index in [-0.39, 0.29) is 6.04 Å². The van der Waals surface area contributed by atoms with E-state index in [4.69, 9.17) is 17.3 Å². The maximum atomic E-state index is 6.32. The molecule has 2 N–H and O–H groups in total. The van der Waals surface area contributed by atoms with Crippen LogP contribution < -0.4 is 5.73 Å². The number of rotatable bonds is 2. The SMILES string of the molecule is Cc1cc(Cl)c(C(N)c2cc(C)c(Br)s2)cc1C. The molecule has 0 aliphatic heterocycles. The average molecular weight is 345 g/mol. The molecule has 1 aromatic carbocycles. The van der Waals surface area contributed by atoms with Crippen LogP contribution in [0.3, 0.4) is 0 Å². The molecule has 0 radical (unpaired) electrons. The second-order valence-corrected chi connectivity index (χ2v) is 7.35. The van der Waals surface area contributed by atoms with E-state index in [1.807, 2.05) is 6.07 Å². The van der Waals surface area contributed by atoms with E-state index in [2.05, 4.69) is 48.8 Å². The van der Waals surface area contributed by atoms with Crippen molar-refractivity contribution >= 4 is 38.9 Å². The zero-order chi connectivity index (χ0) is 13.4. The van der Waals surface area contributed by atoms with Crippen LogP contribution in [0.25, 0.3) is 0 Å². The molecule has 1 aromatic heterocycles. The molecule has 96 valence electrons. The first-order chi connectivity index (χ1) is 8.40. The van der Waals surface area contributed by atoms with Crippen molar-refractivity contribution < 1.29 is 0 Å².